The Morgan fingerprint density at radius 2 is 0.789 bits per heavy atom. The Hall–Kier alpha value is 1.58. The van der Waals surface area contributed by atoms with Crippen LogP contribution in [0.1, 0.15) is 0 Å². The lowest BCUT2D eigenvalue weighted by Gasteiger charge is -1.93. The maximum atomic E-state index is 10.6. The Morgan fingerprint density at radius 3 is 0.789 bits per heavy atom. The number of halogens is 11. The van der Waals surface area contributed by atoms with E-state index in [-0.39, 0.29) is 21.4 Å². The Balaban J connectivity index is -0.0000000467. The number of carboxylic acid groups (broad SMARTS) is 1. The van der Waals surface area contributed by atoms with Crippen LogP contribution >= 0.6 is 92.8 Å². The van der Waals surface area contributed by atoms with E-state index in [4.69, 9.17) is 103 Å². The highest BCUT2D eigenvalue weighted by Crippen LogP contribution is 2.13. The van der Waals surface area contributed by atoms with E-state index in [2.05, 4.69) is 0 Å². The standard InChI is InChI=1S/C2HF3O2.4CH2Cl2/c3-2(4,5)1(6)7;4*2-1-3/h(H,6,7);4*1H2. The smallest absolute Gasteiger partial charge is 0.475 e. The van der Waals surface area contributed by atoms with Crippen LogP contribution in [0.2, 0.25) is 0 Å². The first-order valence-corrected chi connectivity index (χ1v) is 7.66. The first kappa shape index (κ1) is 32.5. The van der Waals surface area contributed by atoms with Gasteiger partial charge in [0.1, 0.15) is 0 Å². The molecule has 0 bridgehead atoms. The monoisotopic (exact) mass is 450 g/mol. The van der Waals surface area contributed by atoms with E-state index in [1.807, 2.05) is 0 Å². The summed E-state index contributed by atoms with van der Waals surface area (Å²) in [7, 11) is 0. The lowest BCUT2D eigenvalue weighted by molar-refractivity contribution is -0.192. The van der Waals surface area contributed by atoms with Crippen molar-refractivity contribution in [3.8, 4) is 0 Å². The van der Waals surface area contributed by atoms with Gasteiger partial charge >= 0.3 is 12.1 Å². The van der Waals surface area contributed by atoms with Crippen molar-refractivity contribution >= 4 is 98.8 Å². The molecule has 0 heterocycles. The van der Waals surface area contributed by atoms with Crippen molar-refractivity contribution in [3.05, 3.63) is 0 Å². The quantitative estimate of drug-likeness (QED) is 0.436. The molecule has 122 valence electrons. The molecule has 0 aromatic rings. The Morgan fingerprint density at radius 1 is 0.737 bits per heavy atom. The van der Waals surface area contributed by atoms with Crippen LogP contribution in [0.15, 0.2) is 0 Å². The normalized spacial score (nSPS) is 7.95. The molecule has 0 fully saturated rings. The van der Waals surface area contributed by atoms with E-state index in [0.717, 1.165) is 0 Å². The number of alkyl halides is 11. The number of carbonyl (C=O) groups is 1. The SMILES string of the molecule is ClCCl.ClCCl.ClCCl.ClCCl.O=C(O)C(F)(F)F. The molecule has 0 unspecified atom stereocenters. The summed E-state index contributed by atoms with van der Waals surface area (Å²) in [4.78, 5) is 8.90. The maximum Gasteiger partial charge on any atom is 0.490 e. The fourth-order valence-electron chi connectivity index (χ4n) is 0. The molecule has 0 spiro atoms. The van der Waals surface area contributed by atoms with E-state index >= 15 is 0 Å². The second-order valence-electron chi connectivity index (χ2n) is 1.21. The summed E-state index contributed by atoms with van der Waals surface area (Å²) in [6, 6.07) is 0. The second kappa shape index (κ2) is 31.8. The zero-order chi connectivity index (χ0) is 16.9. The van der Waals surface area contributed by atoms with Crippen molar-refractivity contribution in [2.24, 2.45) is 0 Å². The van der Waals surface area contributed by atoms with Crippen molar-refractivity contribution in [2.75, 3.05) is 21.4 Å². The van der Waals surface area contributed by atoms with E-state index in [0.29, 0.717) is 0 Å². The molecule has 0 atom stereocenters. The van der Waals surface area contributed by atoms with Crippen LogP contribution in [-0.4, -0.2) is 38.6 Å². The fraction of sp³-hybridized carbons (Fsp3) is 0.833. The molecule has 19 heavy (non-hydrogen) atoms. The van der Waals surface area contributed by atoms with Gasteiger partial charge in [-0.2, -0.15) is 13.2 Å². The average Bonchev–Trinajstić information content (AvgIpc) is 2.20. The van der Waals surface area contributed by atoms with Crippen molar-refractivity contribution in [2.45, 2.75) is 6.18 Å². The molecule has 0 saturated carbocycles. The van der Waals surface area contributed by atoms with E-state index in [1.54, 1.807) is 0 Å². The Kier molecular flexibility index (Phi) is 54.4. The number of hydrogen-bond acceptors (Lipinski definition) is 1. The molecule has 0 aromatic carbocycles. The summed E-state index contributed by atoms with van der Waals surface area (Å²) in [5, 5.41) is 7.90. The van der Waals surface area contributed by atoms with E-state index in [9.17, 15) is 13.2 Å². The van der Waals surface area contributed by atoms with Gasteiger partial charge in [-0.05, 0) is 0 Å². The Bertz CT molecular complexity index is 141. The van der Waals surface area contributed by atoms with Gasteiger partial charge in [0.25, 0.3) is 0 Å². The van der Waals surface area contributed by atoms with Crippen molar-refractivity contribution in [1.82, 2.24) is 0 Å². The summed E-state index contributed by atoms with van der Waals surface area (Å²) < 4.78 is 31.7. The zero-order valence-electron chi connectivity index (χ0n) is 8.84. The van der Waals surface area contributed by atoms with Crippen LogP contribution in [0, 0.1) is 0 Å². The van der Waals surface area contributed by atoms with Crippen LogP contribution in [0.5, 0.6) is 0 Å². The molecular weight excluding hydrogens is 445 g/mol. The molecule has 0 aliphatic heterocycles. The largest absolute Gasteiger partial charge is 0.490 e. The summed E-state index contributed by atoms with van der Waals surface area (Å²) >= 11 is 38.1. The third-order valence-corrected chi connectivity index (χ3v) is 0.243. The van der Waals surface area contributed by atoms with Gasteiger partial charge in [-0.25, -0.2) is 4.79 Å². The maximum absolute atomic E-state index is 10.6. The predicted molar refractivity (Wildman–Crippen MR) is 80.0 cm³/mol. The van der Waals surface area contributed by atoms with Gasteiger partial charge in [0.05, 0.1) is 21.4 Å². The van der Waals surface area contributed by atoms with Gasteiger partial charge in [-0.3, -0.25) is 0 Å². The van der Waals surface area contributed by atoms with Crippen LogP contribution < -0.4 is 0 Å². The molecule has 0 saturated heterocycles. The molecule has 0 radical (unpaired) electrons. The fourth-order valence-corrected chi connectivity index (χ4v) is 0. The van der Waals surface area contributed by atoms with Gasteiger partial charge in [0, 0.05) is 0 Å². The minimum atomic E-state index is -5.08. The molecule has 0 aliphatic rings. The molecule has 0 rings (SSSR count). The molecule has 13 heteroatoms. The minimum absolute atomic E-state index is 0.194. The highest BCUT2D eigenvalue weighted by Gasteiger charge is 2.38. The minimum Gasteiger partial charge on any atom is -0.475 e. The molecule has 2 nitrogen and oxygen atoms in total. The first-order valence-electron chi connectivity index (χ1n) is 3.38. The lowest BCUT2D eigenvalue weighted by atomic mass is 10.7. The zero-order valence-corrected chi connectivity index (χ0v) is 14.9. The third kappa shape index (κ3) is 105. The van der Waals surface area contributed by atoms with E-state index in [1.165, 1.54) is 0 Å². The van der Waals surface area contributed by atoms with Gasteiger partial charge in [-0.15, -0.1) is 92.8 Å². The molecule has 1 N–H and O–H groups in total. The van der Waals surface area contributed by atoms with Crippen LogP contribution in [0.3, 0.4) is 0 Å². The highest BCUT2D eigenvalue weighted by atomic mass is 35.5. The van der Waals surface area contributed by atoms with Gasteiger partial charge < -0.3 is 5.11 Å². The number of rotatable bonds is 0. The van der Waals surface area contributed by atoms with Crippen molar-refractivity contribution in [1.29, 1.82) is 0 Å². The number of hydrogen-bond donors (Lipinski definition) is 1. The number of aliphatic carboxylic acids is 1. The number of carboxylic acids is 1. The summed E-state index contributed by atoms with van der Waals surface area (Å²) in [6.07, 6.45) is -5.08. The average molecular weight is 454 g/mol. The van der Waals surface area contributed by atoms with Crippen LogP contribution in [0.25, 0.3) is 0 Å². The second-order valence-corrected chi connectivity index (χ2v) is 4.44. The lowest BCUT2D eigenvalue weighted by Crippen LogP contribution is -2.21. The third-order valence-electron chi connectivity index (χ3n) is 0.243. The van der Waals surface area contributed by atoms with Crippen molar-refractivity contribution in [3.63, 3.8) is 0 Å². The van der Waals surface area contributed by atoms with Crippen molar-refractivity contribution < 1.29 is 23.1 Å². The topological polar surface area (TPSA) is 37.3 Å². The molecule has 0 amide bonds. The molecule has 0 aromatic heterocycles. The summed E-state index contributed by atoms with van der Waals surface area (Å²) in [5.74, 6) is -2.76. The molecule has 0 aliphatic carbocycles. The summed E-state index contributed by atoms with van der Waals surface area (Å²) in [6.45, 7) is 0. The predicted octanol–water partition coefficient (Wildman–Crippen LogP) is 6.32. The van der Waals surface area contributed by atoms with Gasteiger partial charge in [-0.1, -0.05) is 0 Å². The van der Waals surface area contributed by atoms with Gasteiger partial charge in [0.2, 0.25) is 0 Å². The van der Waals surface area contributed by atoms with Crippen LogP contribution in [0.4, 0.5) is 13.2 Å². The Labute approximate surface area is 148 Å². The summed E-state index contributed by atoms with van der Waals surface area (Å²) in [5.41, 5.74) is 0. The first-order chi connectivity index (χ1) is 8.60. The van der Waals surface area contributed by atoms with E-state index < -0.39 is 12.1 Å². The molecular formula is C6H9Cl8F3O2. The van der Waals surface area contributed by atoms with Gasteiger partial charge in [0.15, 0.2) is 0 Å². The highest BCUT2D eigenvalue weighted by molar-refractivity contribution is 6.41. The van der Waals surface area contributed by atoms with Crippen LogP contribution in [-0.2, 0) is 4.79 Å².